The Bertz CT molecular complexity index is 1190. The molecule has 2 atom stereocenters. The summed E-state index contributed by atoms with van der Waals surface area (Å²) in [5, 5.41) is 3.94. The summed E-state index contributed by atoms with van der Waals surface area (Å²) in [6, 6.07) is 22.2. The van der Waals surface area contributed by atoms with Gasteiger partial charge < -0.3 is 15.0 Å². The second kappa shape index (κ2) is 15.1. The second-order valence-electron chi connectivity index (χ2n) is 9.13. The molecule has 0 aliphatic carbocycles. The normalized spacial score (nSPS) is 12.4. The molecule has 0 bridgehead atoms. The van der Waals surface area contributed by atoms with E-state index in [1.165, 1.54) is 11.8 Å². The van der Waals surface area contributed by atoms with Crippen LogP contribution in [0, 0.1) is 0 Å². The van der Waals surface area contributed by atoms with Crippen molar-refractivity contribution in [3.05, 3.63) is 99.5 Å². The number of carbonyl (C=O) groups is 2. The molecule has 2 unspecified atom stereocenters. The van der Waals surface area contributed by atoms with Gasteiger partial charge in [-0.15, -0.1) is 11.8 Å². The summed E-state index contributed by atoms with van der Waals surface area (Å²) >= 11 is 13.9. The number of hydrogen-bond donors (Lipinski definition) is 1. The standard InChI is InChI=1S/C30H34Cl2N2O3S/c1-4-21(2)33-30(36)28(17-22-8-6-5-7-9-22)34(18-24-12-15-26(31)27(32)16-24)29(35)20-38-19-23-10-13-25(37-3)14-11-23/h5-16,21,28H,4,17-20H2,1-3H3,(H,33,36). The number of carbonyl (C=O) groups excluding carboxylic acids is 2. The van der Waals surface area contributed by atoms with Crippen LogP contribution in [0.4, 0.5) is 0 Å². The fourth-order valence-corrected chi connectivity index (χ4v) is 5.08. The van der Waals surface area contributed by atoms with Crippen molar-refractivity contribution in [2.24, 2.45) is 0 Å². The van der Waals surface area contributed by atoms with E-state index in [2.05, 4.69) is 5.32 Å². The van der Waals surface area contributed by atoms with E-state index in [1.807, 2.05) is 74.5 Å². The van der Waals surface area contributed by atoms with E-state index in [1.54, 1.807) is 24.1 Å². The van der Waals surface area contributed by atoms with Crippen LogP contribution in [0.3, 0.4) is 0 Å². The Kier molecular flexibility index (Phi) is 11.8. The van der Waals surface area contributed by atoms with Gasteiger partial charge in [0.25, 0.3) is 0 Å². The summed E-state index contributed by atoms with van der Waals surface area (Å²) in [6.45, 7) is 4.23. The van der Waals surface area contributed by atoms with Gasteiger partial charge in [0.1, 0.15) is 11.8 Å². The molecule has 0 aromatic heterocycles. The largest absolute Gasteiger partial charge is 0.497 e. The van der Waals surface area contributed by atoms with Crippen molar-refractivity contribution >= 4 is 46.8 Å². The highest BCUT2D eigenvalue weighted by Gasteiger charge is 2.31. The zero-order valence-corrected chi connectivity index (χ0v) is 24.3. The van der Waals surface area contributed by atoms with Crippen molar-refractivity contribution in [2.45, 2.75) is 51.1 Å². The van der Waals surface area contributed by atoms with Crippen LogP contribution in [0.2, 0.25) is 10.0 Å². The van der Waals surface area contributed by atoms with Crippen molar-refractivity contribution in [1.82, 2.24) is 10.2 Å². The van der Waals surface area contributed by atoms with Gasteiger partial charge in [0, 0.05) is 24.8 Å². The van der Waals surface area contributed by atoms with Crippen molar-refractivity contribution in [2.75, 3.05) is 12.9 Å². The Morgan fingerprint density at radius 3 is 2.26 bits per heavy atom. The maximum Gasteiger partial charge on any atom is 0.243 e. The molecule has 3 aromatic rings. The molecule has 0 heterocycles. The van der Waals surface area contributed by atoms with Crippen molar-refractivity contribution in [3.63, 3.8) is 0 Å². The van der Waals surface area contributed by atoms with Gasteiger partial charge in [0.15, 0.2) is 0 Å². The fraction of sp³-hybridized carbons (Fsp3) is 0.333. The smallest absolute Gasteiger partial charge is 0.243 e. The summed E-state index contributed by atoms with van der Waals surface area (Å²) in [4.78, 5) is 29.0. The minimum absolute atomic E-state index is 0.00727. The van der Waals surface area contributed by atoms with Gasteiger partial charge in [0.05, 0.1) is 22.9 Å². The first-order chi connectivity index (χ1) is 18.3. The first kappa shape index (κ1) is 29.9. The molecular formula is C30H34Cl2N2O3S. The predicted molar refractivity (Wildman–Crippen MR) is 158 cm³/mol. The Morgan fingerprint density at radius 2 is 1.63 bits per heavy atom. The van der Waals surface area contributed by atoms with Crippen LogP contribution in [0.5, 0.6) is 5.75 Å². The molecule has 1 N–H and O–H groups in total. The molecule has 3 rings (SSSR count). The van der Waals surface area contributed by atoms with Crippen molar-refractivity contribution < 1.29 is 14.3 Å². The molecule has 0 saturated carbocycles. The van der Waals surface area contributed by atoms with Crippen LogP contribution < -0.4 is 10.1 Å². The summed E-state index contributed by atoms with van der Waals surface area (Å²) in [5.41, 5.74) is 2.88. The molecule has 38 heavy (non-hydrogen) atoms. The monoisotopic (exact) mass is 572 g/mol. The van der Waals surface area contributed by atoms with E-state index >= 15 is 0 Å². The summed E-state index contributed by atoms with van der Waals surface area (Å²) < 4.78 is 5.23. The topological polar surface area (TPSA) is 58.6 Å². The molecule has 0 aliphatic rings. The molecule has 0 fully saturated rings. The molecule has 5 nitrogen and oxygen atoms in total. The Labute approximate surface area is 239 Å². The van der Waals surface area contributed by atoms with Gasteiger partial charge in [-0.1, -0.05) is 78.7 Å². The number of benzene rings is 3. The quantitative estimate of drug-likeness (QED) is 0.245. The molecule has 3 aromatic carbocycles. The van der Waals surface area contributed by atoms with Crippen LogP contribution in [0.25, 0.3) is 0 Å². The van der Waals surface area contributed by atoms with Crippen molar-refractivity contribution in [1.29, 1.82) is 0 Å². The zero-order valence-electron chi connectivity index (χ0n) is 22.0. The summed E-state index contributed by atoms with van der Waals surface area (Å²) in [5.74, 6) is 1.40. The number of methoxy groups -OCH3 is 1. The Hall–Kier alpha value is -2.67. The van der Waals surface area contributed by atoms with Gasteiger partial charge in [-0.05, 0) is 54.3 Å². The minimum Gasteiger partial charge on any atom is -0.497 e. The third-order valence-electron chi connectivity index (χ3n) is 6.26. The first-order valence-electron chi connectivity index (χ1n) is 12.6. The minimum atomic E-state index is -0.685. The number of rotatable bonds is 13. The Balaban J connectivity index is 1.85. The molecule has 8 heteroatoms. The number of nitrogens with zero attached hydrogens (tertiary/aromatic N) is 1. The van der Waals surface area contributed by atoms with Crippen LogP contribution in [-0.2, 0) is 28.3 Å². The fourth-order valence-electron chi connectivity index (χ4n) is 3.89. The maximum absolute atomic E-state index is 13.7. The number of nitrogens with one attached hydrogen (secondary N) is 1. The van der Waals surface area contributed by atoms with E-state index in [-0.39, 0.29) is 30.2 Å². The number of amides is 2. The van der Waals surface area contributed by atoms with Gasteiger partial charge in [-0.25, -0.2) is 0 Å². The second-order valence-corrected chi connectivity index (χ2v) is 10.9. The summed E-state index contributed by atoms with van der Waals surface area (Å²) in [6.07, 6.45) is 1.20. The van der Waals surface area contributed by atoms with E-state index < -0.39 is 6.04 Å². The van der Waals surface area contributed by atoms with Gasteiger partial charge in [0.2, 0.25) is 11.8 Å². The number of hydrogen-bond acceptors (Lipinski definition) is 4. The zero-order chi connectivity index (χ0) is 27.5. The molecule has 0 radical (unpaired) electrons. The first-order valence-corrected chi connectivity index (χ1v) is 14.5. The lowest BCUT2D eigenvalue weighted by atomic mass is 10.0. The highest BCUT2D eigenvalue weighted by Crippen LogP contribution is 2.25. The average molecular weight is 574 g/mol. The van der Waals surface area contributed by atoms with Crippen LogP contribution in [-0.4, -0.2) is 41.7 Å². The van der Waals surface area contributed by atoms with E-state index in [0.29, 0.717) is 22.2 Å². The average Bonchev–Trinajstić information content (AvgIpc) is 2.93. The van der Waals surface area contributed by atoms with Crippen LogP contribution in [0.1, 0.15) is 37.0 Å². The van der Waals surface area contributed by atoms with Crippen molar-refractivity contribution in [3.8, 4) is 5.75 Å². The van der Waals surface area contributed by atoms with E-state index in [9.17, 15) is 9.59 Å². The van der Waals surface area contributed by atoms with Crippen LogP contribution >= 0.6 is 35.0 Å². The van der Waals surface area contributed by atoms with Gasteiger partial charge >= 0.3 is 0 Å². The third kappa shape index (κ3) is 8.97. The highest BCUT2D eigenvalue weighted by atomic mass is 35.5. The van der Waals surface area contributed by atoms with Gasteiger partial charge in [-0.3, -0.25) is 9.59 Å². The summed E-state index contributed by atoms with van der Waals surface area (Å²) in [7, 11) is 1.63. The third-order valence-corrected chi connectivity index (χ3v) is 7.99. The SMILES string of the molecule is CCC(C)NC(=O)C(Cc1ccccc1)N(Cc1ccc(Cl)c(Cl)c1)C(=O)CSCc1ccc(OC)cc1. The van der Waals surface area contributed by atoms with E-state index in [0.717, 1.165) is 28.9 Å². The number of thioether (sulfide) groups is 1. The molecule has 0 aliphatic heterocycles. The van der Waals surface area contributed by atoms with E-state index in [4.69, 9.17) is 27.9 Å². The molecule has 202 valence electrons. The predicted octanol–water partition coefficient (Wildman–Crippen LogP) is 6.79. The van der Waals surface area contributed by atoms with Crippen LogP contribution in [0.15, 0.2) is 72.8 Å². The molecule has 0 saturated heterocycles. The molecule has 0 spiro atoms. The number of ether oxygens (including phenoxy) is 1. The maximum atomic E-state index is 13.7. The van der Waals surface area contributed by atoms with Gasteiger partial charge in [-0.2, -0.15) is 0 Å². The molecule has 2 amide bonds. The highest BCUT2D eigenvalue weighted by molar-refractivity contribution is 7.99. The lowest BCUT2D eigenvalue weighted by Crippen LogP contribution is -2.52. The lowest BCUT2D eigenvalue weighted by molar-refractivity contribution is -0.139. The molecular weight excluding hydrogens is 539 g/mol. The lowest BCUT2D eigenvalue weighted by Gasteiger charge is -2.32. The Morgan fingerprint density at radius 1 is 0.947 bits per heavy atom. The number of halogens is 2.